The van der Waals surface area contributed by atoms with Gasteiger partial charge in [0, 0.05) is 12.6 Å². The smallest absolute Gasteiger partial charge is 0.225 e. The second kappa shape index (κ2) is 7.17. The minimum absolute atomic E-state index is 0.0901. The van der Waals surface area contributed by atoms with Crippen LogP contribution >= 0.6 is 0 Å². The molecule has 1 heterocycles. The topological polar surface area (TPSA) is 80.0 Å². The van der Waals surface area contributed by atoms with Gasteiger partial charge >= 0.3 is 0 Å². The molecule has 3 rings (SSSR count). The van der Waals surface area contributed by atoms with E-state index in [-0.39, 0.29) is 18.1 Å². The van der Waals surface area contributed by atoms with Gasteiger partial charge in [-0.05, 0) is 18.6 Å². The number of phenolic OH excluding ortho intramolecular Hbond substituents is 1. The molecule has 0 bridgehead atoms. The number of rotatable bonds is 5. The first-order valence-corrected chi connectivity index (χ1v) is 8.03. The van der Waals surface area contributed by atoms with Gasteiger partial charge in [-0.3, -0.25) is 4.79 Å². The molecule has 0 aliphatic carbocycles. The lowest BCUT2D eigenvalue weighted by Gasteiger charge is -2.19. The zero-order valence-corrected chi connectivity index (χ0v) is 14.2. The van der Waals surface area contributed by atoms with Gasteiger partial charge in [0.2, 0.25) is 5.91 Å². The third-order valence-electron chi connectivity index (χ3n) is 4.17. The molecule has 1 aromatic heterocycles. The lowest BCUT2D eigenvalue weighted by Crippen LogP contribution is -2.32. The average molecular weight is 336 g/mol. The lowest BCUT2D eigenvalue weighted by molar-refractivity contribution is -0.121. The van der Waals surface area contributed by atoms with Crippen LogP contribution in [-0.2, 0) is 18.3 Å². The van der Waals surface area contributed by atoms with Crippen LogP contribution in [0.5, 0.6) is 5.75 Å². The number of nitrogens with zero attached hydrogens (tertiary/aromatic N) is 3. The molecular formula is C19H20N4O2. The molecule has 6 nitrogen and oxygen atoms in total. The Morgan fingerprint density at radius 2 is 1.80 bits per heavy atom. The zero-order chi connectivity index (χ0) is 17.8. The van der Waals surface area contributed by atoms with Crippen LogP contribution in [0.4, 0.5) is 0 Å². The van der Waals surface area contributed by atoms with E-state index in [1.54, 1.807) is 24.3 Å². The number of para-hydroxylation sites is 1. The summed E-state index contributed by atoms with van der Waals surface area (Å²) in [6, 6.07) is 16.1. The highest BCUT2D eigenvalue weighted by Crippen LogP contribution is 2.22. The Morgan fingerprint density at radius 1 is 1.12 bits per heavy atom. The first-order valence-electron chi connectivity index (χ1n) is 8.03. The molecular weight excluding hydrogens is 316 g/mol. The number of nitrogens with one attached hydrogen (secondary N) is 1. The first kappa shape index (κ1) is 16.7. The van der Waals surface area contributed by atoms with Crippen LogP contribution in [0.15, 0.2) is 54.6 Å². The van der Waals surface area contributed by atoms with E-state index in [0.717, 1.165) is 11.4 Å². The number of benzene rings is 2. The summed E-state index contributed by atoms with van der Waals surface area (Å²) >= 11 is 0. The van der Waals surface area contributed by atoms with Gasteiger partial charge in [-0.25, -0.2) is 0 Å². The Balaban J connectivity index is 1.87. The van der Waals surface area contributed by atoms with Crippen LogP contribution in [-0.4, -0.2) is 25.8 Å². The Hall–Kier alpha value is -3.15. The van der Waals surface area contributed by atoms with Crippen LogP contribution in [0.2, 0.25) is 0 Å². The van der Waals surface area contributed by atoms with Crippen LogP contribution in [0.3, 0.4) is 0 Å². The Labute approximate surface area is 146 Å². The number of aryl methyl sites for hydroxylation is 1. The van der Waals surface area contributed by atoms with E-state index in [4.69, 9.17) is 0 Å². The zero-order valence-electron chi connectivity index (χ0n) is 14.2. The molecule has 0 saturated carbocycles. The molecule has 25 heavy (non-hydrogen) atoms. The van der Waals surface area contributed by atoms with Crippen LogP contribution in [0, 0.1) is 6.92 Å². The van der Waals surface area contributed by atoms with Crippen molar-refractivity contribution in [1.82, 2.24) is 20.1 Å². The molecule has 0 aliphatic rings. The maximum absolute atomic E-state index is 12.6. The predicted octanol–water partition coefficient (Wildman–Crippen LogP) is 2.28. The van der Waals surface area contributed by atoms with Gasteiger partial charge in [0.1, 0.15) is 17.6 Å². The largest absolute Gasteiger partial charge is 0.508 e. The van der Waals surface area contributed by atoms with Crippen molar-refractivity contribution in [3.05, 3.63) is 77.4 Å². The minimum Gasteiger partial charge on any atom is -0.508 e. The number of amides is 1. The number of hydrogen-bond acceptors (Lipinski definition) is 4. The first-order chi connectivity index (χ1) is 12.1. The van der Waals surface area contributed by atoms with Gasteiger partial charge in [-0.1, -0.05) is 48.5 Å². The van der Waals surface area contributed by atoms with Gasteiger partial charge in [0.05, 0.1) is 6.42 Å². The van der Waals surface area contributed by atoms with Gasteiger partial charge in [0.15, 0.2) is 5.82 Å². The summed E-state index contributed by atoms with van der Waals surface area (Å²) in [5.74, 6) is 1.35. The van der Waals surface area contributed by atoms with E-state index < -0.39 is 6.04 Å². The van der Waals surface area contributed by atoms with Crippen molar-refractivity contribution in [3.8, 4) is 5.75 Å². The maximum Gasteiger partial charge on any atom is 0.225 e. The van der Waals surface area contributed by atoms with Gasteiger partial charge in [0.25, 0.3) is 0 Å². The molecule has 1 unspecified atom stereocenters. The SMILES string of the molecule is Cc1nnc(C(NC(=O)Cc2ccccc2O)c2ccccc2)n1C. The van der Waals surface area contributed by atoms with Crippen molar-refractivity contribution in [2.24, 2.45) is 7.05 Å². The maximum atomic E-state index is 12.6. The molecule has 0 spiro atoms. The number of carbonyl (C=O) groups excluding carboxylic acids is 1. The minimum atomic E-state index is -0.411. The fourth-order valence-corrected chi connectivity index (χ4v) is 2.66. The predicted molar refractivity (Wildman–Crippen MR) is 94.0 cm³/mol. The summed E-state index contributed by atoms with van der Waals surface area (Å²) in [6.07, 6.45) is 0.0901. The summed E-state index contributed by atoms with van der Waals surface area (Å²) in [7, 11) is 1.87. The van der Waals surface area contributed by atoms with Crippen LogP contribution < -0.4 is 5.32 Å². The fraction of sp³-hybridized carbons (Fsp3) is 0.211. The van der Waals surface area contributed by atoms with Crippen molar-refractivity contribution in [1.29, 1.82) is 0 Å². The molecule has 0 fully saturated rings. The normalized spacial score (nSPS) is 11.9. The summed E-state index contributed by atoms with van der Waals surface area (Å²) in [4.78, 5) is 12.6. The molecule has 3 aromatic rings. The number of aromatic hydroxyl groups is 1. The van der Waals surface area contributed by atoms with Crippen LogP contribution in [0.25, 0.3) is 0 Å². The molecule has 2 aromatic carbocycles. The Morgan fingerprint density at radius 3 is 2.44 bits per heavy atom. The van der Waals surface area contributed by atoms with Gasteiger partial charge in [-0.15, -0.1) is 10.2 Å². The number of phenols is 1. The quantitative estimate of drug-likeness (QED) is 0.749. The highest BCUT2D eigenvalue weighted by atomic mass is 16.3. The molecule has 0 radical (unpaired) electrons. The molecule has 2 N–H and O–H groups in total. The van der Waals surface area contributed by atoms with Crippen molar-refractivity contribution in [2.75, 3.05) is 0 Å². The average Bonchev–Trinajstić information content (AvgIpc) is 2.95. The molecule has 6 heteroatoms. The van der Waals surface area contributed by atoms with E-state index in [1.165, 1.54) is 0 Å². The Bertz CT molecular complexity index is 874. The third-order valence-corrected chi connectivity index (χ3v) is 4.17. The number of hydrogen-bond donors (Lipinski definition) is 2. The summed E-state index contributed by atoms with van der Waals surface area (Å²) in [5.41, 5.74) is 1.50. The van der Waals surface area contributed by atoms with E-state index in [9.17, 15) is 9.90 Å². The highest BCUT2D eigenvalue weighted by Gasteiger charge is 2.22. The second-order valence-electron chi connectivity index (χ2n) is 5.88. The van der Waals surface area contributed by atoms with Crippen molar-refractivity contribution < 1.29 is 9.90 Å². The fourth-order valence-electron chi connectivity index (χ4n) is 2.66. The van der Waals surface area contributed by atoms with Gasteiger partial charge < -0.3 is 15.0 Å². The molecule has 128 valence electrons. The molecule has 1 atom stereocenters. The molecule has 0 saturated heterocycles. The van der Waals surface area contributed by atoms with E-state index in [1.807, 2.05) is 48.9 Å². The number of carbonyl (C=O) groups is 1. The van der Waals surface area contributed by atoms with Crippen molar-refractivity contribution in [3.63, 3.8) is 0 Å². The van der Waals surface area contributed by atoms with E-state index in [2.05, 4.69) is 15.5 Å². The lowest BCUT2D eigenvalue weighted by atomic mass is 10.0. The summed E-state index contributed by atoms with van der Waals surface area (Å²) in [6.45, 7) is 1.86. The van der Waals surface area contributed by atoms with Gasteiger partial charge in [-0.2, -0.15) is 0 Å². The van der Waals surface area contributed by atoms with E-state index >= 15 is 0 Å². The standard InChI is InChI=1S/C19H20N4O2/c1-13-21-22-19(23(13)2)18(14-8-4-3-5-9-14)20-17(25)12-15-10-6-7-11-16(15)24/h3-11,18,24H,12H2,1-2H3,(H,20,25). The molecule has 1 amide bonds. The number of aromatic nitrogens is 3. The highest BCUT2D eigenvalue weighted by molar-refractivity contribution is 5.80. The van der Waals surface area contributed by atoms with Crippen LogP contribution in [0.1, 0.15) is 28.8 Å². The summed E-state index contributed by atoms with van der Waals surface area (Å²) < 4.78 is 1.86. The van der Waals surface area contributed by atoms with Crippen molar-refractivity contribution >= 4 is 5.91 Å². The second-order valence-corrected chi connectivity index (χ2v) is 5.88. The monoisotopic (exact) mass is 336 g/mol. The third kappa shape index (κ3) is 3.68. The molecule has 0 aliphatic heterocycles. The Kier molecular flexibility index (Phi) is 4.79. The van der Waals surface area contributed by atoms with E-state index in [0.29, 0.717) is 11.4 Å². The van der Waals surface area contributed by atoms with Crippen molar-refractivity contribution in [2.45, 2.75) is 19.4 Å². The summed E-state index contributed by atoms with van der Waals surface area (Å²) in [5, 5.41) is 21.2.